The standard InChI is InChI=1S/C13H12N4O2S/c1-7(15-12(18)11-5-20-6-14-11)8-2-3-9-10(4-8)17-13(19)16-9/h2-7H,1H3,(H,15,18)(H2,16,17,19). The Balaban J connectivity index is 1.83. The monoisotopic (exact) mass is 288 g/mol. The lowest BCUT2D eigenvalue weighted by atomic mass is 10.1. The third-order valence-electron chi connectivity index (χ3n) is 3.05. The fourth-order valence-corrected chi connectivity index (χ4v) is 2.53. The van der Waals surface area contributed by atoms with Crippen LogP contribution in [0.4, 0.5) is 0 Å². The van der Waals surface area contributed by atoms with Crippen molar-refractivity contribution in [3.63, 3.8) is 0 Å². The highest BCUT2D eigenvalue weighted by atomic mass is 32.1. The summed E-state index contributed by atoms with van der Waals surface area (Å²) >= 11 is 1.38. The van der Waals surface area contributed by atoms with Crippen LogP contribution in [0.15, 0.2) is 33.9 Å². The third kappa shape index (κ3) is 2.35. The van der Waals surface area contributed by atoms with Crippen molar-refractivity contribution in [1.82, 2.24) is 20.3 Å². The summed E-state index contributed by atoms with van der Waals surface area (Å²) in [7, 11) is 0. The number of aromatic nitrogens is 3. The molecule has 1 atom stereocenters. The lowest BCUT2D eigenvalue weighted by Crippen LogP contribution is -2.26. The highest BCUT2D eigenvalue weighted by Gasteiger charge is 2.13. The largest absolute Gasteiger partial charge is 0.344 e. The Morgan fingerprint density at radius 1 is 1.35 bits per heavy atom. The molecule has 2 heterocycles. The number of nitrogens with one attached hydrogen (secondary N) is 3. The van der Waals surface area contributed by atoms with Gasteiger partial charge in [0, 0.05) is 5.38 Å². The quantitative estimate of drug-likeness (QED) is 0.686. The van der Waals surface area contributed by atoms with Gasteiger partial charge in [-0.05, 0) is 24.6 Å². The maximum Gasteiger partial charge on any atom is 0.323 e. The van der Waals surface area contributed by atoms with Crippen molar-refractivity contribution in [3.8, 4) is 0 Å². The average molecular weight is 288 g/mol. The summed E-state index contributed by atoms with van der Waals surface area (Å²) in [5.41, 5.74) is 4.18. The summed E-state index contributed by atoms with van der Waals surface area (Å²) in [5, 5.41) is 4.58. The molecule has 0 radical (unpaired) electrons. The van der Waals surface area contributed by atoms with E-state index >= 15 is 0 Å². The zero-order chi connectivity index (χ0) is 14.1. The van der Waals surface area contributed by atoms with Gasteiger partial charge in [0.1, 0.15) is 5.69 Å². The summed E-state index contributed by atoms with van der Waals surface area (Å²) in [4.78, 5) is 32.5. The fraction of sp³-hybridized carbons (Fsp3) is 0.154. The minimum atomic E-state index is -0.240. The molecule has 6 nitrogen and oxygen atoms in total. The van der Waals surface area contributed by atoms with Gasteiger partial charge in [-0.1, -0.05) is 6.07 Å². The van der Waals surface area contributed by atoms with Crippen LogP contribution in [-0.2, 0) is 0 Å². The van der Waals surface area contributed by atoms with Crippen molar-refractivity contribution >= 4 is 28.3 Å². The summed E-state index contributed by atoms with van der Waals surface area (Å²) in [6, 6.07) is 5.36. The molecule has 0 aliphatic rings. The Morgan fingerprint density at radius 3 is 2.90 bits per heavy atom. The summed E-state index contributed by atoms with van der Waals surface area (Å²) in [6.45, 7) is 1.89. The van der Waals surface area contributed by atoms with Crippen LogP contribution in [0.1, 0.15) is 29.0 Å². The zero-order valence-corrected chi connectivity index (χ0v) is 11.5. The number of carbonyl (C=O) groups excluding carboxylic acids is 1. The molecule has 3 rings (SSSR count). The molecule has 20 heavy (non-hydrogen) atoms. The number of H-pyrrole nitrogens is 2. The molecule has 0 bridgehead atoms. The van der Waals surface area contributed by atoms with Crippen LogP contribution in [-0.4, -0.2) is 20.9 Å². The molecule has 102 valence electrons. The second-order valence-electron chi connectivity index (χ2n) is 4.45. The van der Waals surface area contributed by atoms with E-state index < -0.39 is 0 Å². The van der Waals surface area contributed by atoms with Crippen LogP contribution < -0.4 is 11.0 Å². The molecule has 0 aliphatic carbocycles. The number of hydrogen-bond donors (Lipinski definition) is 3. The second kappa shape index (κ2) is 4.93. The number of rotatable bonds is 3. The molecule has 2 aromatic heterocycles. The second-order valence-corrected chi connectivity index (χ2v) is 5.17. The van der Waals surface area contributed by atoms with Crippen molar-refractivity contribution in [2.45, 2.75) is 13.0 Å². The number of nitrogens with zero attached hydrogens (tertiary/aromatic N) is 1. The Morgan fingerprint density at radius 2 is 2.15 bits per heavy atom. The first kappa shape index (κ1) is 12.6. The van der Waals surface area contributed by atoms with E-state index in [9.17, 15) is 9.59 Å². The van der Waals surface area contributed by atoms with E-state index in [4.69, 9.17) is 0 Å². The van der Waals surface area contributed by atoms with Crippen LogP contribution in [0.25, 0.3) is 11.0 Å². The van der Waals surface area contributed by atoms with Gasteiger partial charge in [-0.25, -0.2) is 9.78 Å². The van der Waals surface area contributed by atoms with E-state index in [1.807, 2.05) is 25.1 Å². The number of thiazole rings is 1. The molecule has 1 amide bonds. The van der Waals surface area contributed by atoms with Crippen molar-refractivity contribution in [3.05, 3.63) is 50.8 Å². The molecule has 0 saturated heterocycles. The van der Waals surface area contributed by atoms with Crippen LogP contribution in [0.5, 0.6) is 0 Å². The van der Waals surface area contributed by atoms with Gasteiger partial charge in [0.05, 0.1) is 22.6 Å². The number of hydrogen-bond acceptors (Lipinski definition) is 4. The first-order valence-corrected chi connectivity index (χ1v) is 6.99. The SMILES string of the molecule is CC(NC(=O)c1cscn1)c1ccc2[nH]c(=O)[nH]c2c1. The van der Waals surface area contributed by atoms with Crippen molar-refractivity contribution < 1.29 is 4.79 Å². The Labute approximate surface area is 117 Å². The van der Waals surface area contributed by atoms with Crippen molar-refractivity contribution in [2.75, 3.05) is 0 Å². The maximum absolute atomic E-state index is 11.9. The zero-order valence-electron chi connectivity index (χ0n) is 10.6. The van der Waals surface area contributed by atoms with Gasteiger partial charge in [-0.2, -0.15) is 0 Å². The molecule has 0 fully saturated rings. The minimum absolute atomic E-state index is 0.174. The fourth-order valence-electron chi connectivity index (χ4n) is 2.00. The molecule has 3 N–H and O–H groups in total. The summed E-state index contributed by atoms with van der Waals surface area (Å²) in [5.74, 6) is -0.207. The number of carbonyl (C=O) groups is 1. The van der Waals surface area contributed by atoms with Gasteiger partial charge < -0.3 is 15.3 Å². The molecule has 1 aromatic carbocycles. The smallest absolute Gasteiger partial charge is 0.323 e. The average Bonchev–Trinajstić information content (AvgIpc) is 3.05. The minimum Gasteiger partial charge on any atom is -0.344 e. The number of fused-ring (bicyclic) bond motifs is 1. The maximum atomic E-state index is 11.9. The van der Waals surface area contributed by atoms with Gasteiger partial charge in [-0.15, -0.1) is 11.3 Å². The Hall–Kier alpha value is -2.41. The molecule has 0 aliphatic heterocycles. The number of amides is 1. The molecule has 3 aromatic rings. The van der Waals surface area contributed by atoms with Crippen LogP contribution >= 0.6 is 11.3 Å². The highest BCUT2D eigenvalue weighted by Crippen LogP contribution is 2.17. The highest BCUT2D eigenvalue weighted by molar-refractivity contribution is 7.07. The first-order chi connectivity index (χ1) is 9.63. The Bertz CT molecular complexity index is 803. The molecule has 0 spiro atoms. The lowest BCUT2D eigenvalue weighted by molar-refractivity contribution is 0.0935. The van der Waals surface area contributed by atoms with Gasteiger partial charge in [0.15, 0.2) is 0 Å². The van der Waals surface area contributed by atoms with E-state index in [1.165, 1.54) is 11.3 Å². The number of benzene rings is 1. The number of imidazole rings is 1. The molecule has 7 heteroatoms. The van der Waals surface area contributed by atoms with Gasteiger partial charge in [-0.3, -0.25) is 4.79 Å². The third-order valence-corrected chi connectivity index (χ3v) is 3.64. The van der Waals surface area contributed by atoms with E-state index in [0.717, 1.165) is 16.6 Å². The van der Waals surface area contributed by atoms with Gasteiger partial charge in [0.2, 0.25) is 0 Å². The van der Waals surface area contributed by atoms with Crippen LogP contribution in [0.2, 0.25) is 0 Å². The topological polar surface area (TPSA) is 90.6 Å². The van der Waals surface area contributed by atoms with Crippen molar-refractivity contribution in [1.29, 1.82) is 0 Å². The van der Waals surface area contributed by atoms with E-state index in [-0.39, 0.29) is 17.6 Å². The first-order valence-electron chi connectivity index (χ1n) is 6.04. The lowest BCUT2D eigenvalue weighted by Gasteiger charge is -2.13. The van der Waals surface area contributed by atoms with E-state index in [2.05, 4.69) is 20.3 Å². The van der Waals surface area contributed by atoms with Gasteiger partial charge in [0.25, 0.3) is 5.91 Å². The summed E-state index contributed by atoms with van der Waals surface area (Å²) < 4.78 is 0. The van der Waals surface area contributed by atoms with E-state index in [0.29, 0.717) is 5.69 Å². The normalized spacial score (nSPS) is 12.4. The molecular weight excluding hydrogens is 276 g/mol. The predicted octanol–water partition coefficient (Wildman–Crippen LogP) is 1.80. The van der Waals surface area contributed by atoms with Crippen LogP contribution in [0, 0.1) is 0 Å². The van der Waals surface area contributed by atoms with Gasteiger partial charge >= 0.3 is 5.69 Å². The van der Waals surface area contributed by atoms with Crippen molar-refractivity contribution in [2.24, 2.45) is 0 Å². The molecular formula is C13H12N4O2S. The van der Waals surface area contributed by atoms with Crippen LogP contribution in [0.3, 0.4) is 0 Å². The molecule has 0 saturated carbocycles. The number of aromatic amines is 2. The van der Waals surface area contributed by atoms with E-state index in [1.54, 1.807) is 10.9 Å². The summed E-state index contributed by atoms with van der Waals surface area (Å²) in [6.07, 6.45) is 0. The Kier molecular flexibility index (Phi) is 3.11. The predicted molar refractivity (Wildman–Crippen MR) is 76.9 cm³/mol. The molecule has 1 unspecified atom stereocenters.